The first-order valence-corrected chi connectivity index (χ1v) is 11.6. The molecular formula is C25H42O5. The molecule has 0 aromatic carbocycles. The van der Waals surface area contributed by atoms with Crippen molar-refractivity contribution in [3.63, 3.8) is 0 Å². The van der Waals surface area contributed by atoms with Crippen molar-refractivity contribution in [2.75, 3.05) is 6.61 Å². The zero-order chi connectivity index (χ0) is 22.7. The average molecular weight is 423 g/mol. The predicted molar refractivity (Wildman–Crippen MR) is 118 cm³/mol. The summed E-state index contributed by atoms with van der Waals surface area (Å²) < 4.78 is 10.5. The van der Waals surface area contributed by atoms with Crippen LogP contribution in [0, 0.1) is 22.7 Å². The Balaban J connectivity index is 2.16. The van der Waals surface area contributed by atoms with Gasteiger partial charge in [0.25, 0.3) is 0 Å². The van der Waals surface area contributed by atoms with E-state index in [-0.39, 0.29) is 18.4 Å². The minimum Gasteiger partial charge on any atom is -0.462 e. The van der Waals surface area contributed by atoms with E-state index in [0.717, 1.165) is 12.8 Å². The van der Waals surface area contributed by atoms with Crippen LogP contribution in [-0.4, -0.2) is 35.4 Å². The van der Waals surface area contributed by atoms with Crippen molar-refractivity contribution in [2.45, 2.75) is 105 Å². The monoisotopic (exact) mass is 422 g/mol. The second-order valence-electron chi connectivity index (χ2n) is 10.7. The van der Waals surface area contributed by atoms with E-state index in [1.54, 1.807) is 13.8 Å². The number of carbonyl (C=O) groups is 2. The van der Waals surface area contributed by atoms with E-state index >= 15 is 0 Å². The largest absolute Gasteiger partial charge is 0.462 e. The summed E-state index contributed by atoms with van der Waals surface area (Å²) in [6.07, 6.45) is 6.49. The molecule has 0 unspecified atom stereocenters. The van der Waals surface area contributed by atoms with E-state index in [1.807, 2.05) is 0 Å². The summed E-state index contributed by atoms with van der Waals surface area (Å²) in [5, 5.41) is 11.2. The Hall–Kier alpha value is -1.36. The third-order valence-electron chi connectivity index (χ3n) is 7.95. The zero-order valence-corrected chi connectivity index (χ0v) is 19.9. The van der Waals surface area contributed by atoms with Crippen molar-refractivity contribution in [1.29, 1.82) is 0 Å². The topological polar surface area (TPSA) is 72.8 Å². The number of ether oxygens (including phenoxy) is 2. The predicted octanol–water partition coefficient (Wildman–Crippen LogP) is 5.20. The Morgan fingerprint density at radius 3 is 2.57 bits per heavy atom. The minimum absolute atomic E-state index is 0.132. The van der Waals surface area contributed by atoms with Gasteiger partial charge >= 0.3 is 11.9 Å². The molecule has 0 aromatic heterocycles. The highest BCUT2D eigenvalue weighted by Crippen LogP contribution is 2.61. The van der Waals surface area contributed by atoms with Gasteiger partial charge < -0.3 is 14.6 Å². The van der Waals surface area contributed by atoms with E-state index in [9.17, 15) is 14.7 Å². The van der Waals surface area contributed by atoms with Crippen LogP contribution < -0.4 is 0 Å². The molecule has 2 fully saturated rings. The number of hydrogen-bond acceptors (Lipinski definition) is 5. The molecule has 0 spiro atoms. The number of rotatable bonds is 8. The first kappa shape index (κ1) is 24.9. The molecule has 0 aliphatic heterocycles. The van der Waals surface area contributed by atoms with Crippen molar-refractivity contribution in [3.05, 3.63) is 12.2 Å². The molecule has 5 heteroatoms. The Morgan fingerprint density at radius 1 is 1.30 bits per heavy atom. The zero-order valence-electron chi connectivity index (χ0n) is 19.9. The quantitative estimate of drug-likeness (QED) is 0.430. The van der Waals surface area contributed by atoms with Gasteiger partial charge in [-0.3, -0.25) is 9.59 Å². The fourth-order valence-electron chi connectivity index (χ4n) is 6.18. The van der Waals surface area contributed by atoms with Crippen LogP contribution in [0.3, 0.4) is 0 Å². The first-order valence-electron chi connectivity index (χ1n) is 11.6. The Labute approximate surface area is 182 Å². The molecular weight excluding hydrogens is 380 g/mol. The van der Waals surface area contributed by atoms with E-state index in [4.69, 9.17) is 9.47 Å². The number of esters is 2. The first-order chi connectivity index (χ1) is 13.8. The summed E-state index contributed by atoms with van der Waals surface area (Å²) in [7, 11) is 0. The third-order valence-corrected chi connectivity index (χ3v) is 7.95. The Morgan fingerprint density at radius 2 is 1.97 bits per heavy atom. The molecule has 1 N–H and O–H groups in total. The molecule has 5 nitrogen and oxygen atoms in total. The highest BCUT2D eigenvalue weighted by atomic mass is 16.6. The molecule has 30 heavy (non-hydrogen) atoms. The van der Waals surface area contributed by atoms with Gasteiger partial charge in [-0.25, -0.2) is 0 Å². The van der Waals surface area contributed by atoms with Crippen LogP contribution in [-0.2, 0) is 19.1 Å². The number of hydrogen-bond donors (Lipinski definition) is 1. The molecule has 0 amide bonds. The highest BCUT2D eigenvalue weighted by molar-refractivity contribution is 5.69. The van der Waals surface area contributed by atoms with Crippen LogP contribution in [0.1, 0.15) is 92.9 Å². The summed E-state index contributed by atoms with van der Waals surface area (Å²) in [4.78, 5) is 23.2. The lowest BCUT2D eigenvalue weighted by atomic mass is 9.47. The number of allylic oxidation sites excluding steroid dienone is 1. The molecule has 2 aliphatic carbocycles. The van der Waals surface area contributed by atoms with Gasteiger partial charge in [-0.1, -0.05) is 46.3 Å². The van der Waals surface area contributed by atoms with Gasteiger partial charge in [-0.15, -0.1) is 0 Å². The fourth-order valence-corrected chi connectivity index (χ4v) is 6.18. The molecule has 0 aromatic rings. The van der Waals surface area contributed by atoms with Crippen molar-refractivity contribution in [3.8, 4) is 0 Å². The van der Waals surface area contributed by atoms with Crippen molar-refractivity contribution >= 4 is 11.9 Å². The smallest absolute Gasteiger partial charge is 0.306 e. The van der Waals surface area contributed by atoms with Gasteiger partial charge in [0.1, 0.15) is 12.2 Å². The van der Waals surface area contributed by atoms with E-state index in [0.29, 0.717) is 23.7 Å². The molecule has 0 bridgehead atoms. The molecule has 2 aliphatic rings. The van der Waals surface area contributed by atoms with Gasteiger partial charge in [-0.05, 0) is 68.1 Å². The summed E-state index contributed by atoms with van der Waals surface area (Å²) >= 11 is 0. The van der Waals surface area contributed by atoms with E-state index in [1.165, 1.54) is 38.2 Å². The maximum Gasteiger partial charge on any atom is 0.306 e. The summed E-state index contributed by atoms with van der Waals surface area (Å²) in [6.45, 7) is 16.2. The standard InChI is InChI=1S/C25H42O5/c1-8-22(27)30-21(16-29-18(3)26)25(7,28)15-12-19-17(2)10-11-20-23(4,5)13-9-14-24(19,20)6/h19-21,28H,2,8-16H2,1,3-7H3/t19-,20-,21+,24+,25-/m0/s1. The summed E-state index contributed by atoms with van der Waals surface area (Å²) in [6, 6.07) is 0. The number of fused-ring (bicyclic) bond motifs is 1. The van der Waals surface area contributed by atoms with Gasteiger partial charge in [0, 0.05) is 13.3 Å². The van der Waals surface area contributed by atoms with Crippen LogP contribution in [0.25, 0.3) is 0 Å². The van der Waals surface area contributed by atoms with Crippen LogP contribution in [0.15, 0.2) is 12.2 Å². The van der Waals surface area contributed by atoms with E-state index < -0.39 is 23.6 Å². The van der Waals surface area contributed by atoms with Crippen LogP contribution >= 0.6 is 0 Å². The van der Waals surface area contributed by atoms with Crippen LogP contribution in [0.4, 0.5) is 0 Å². The minimum atomic E-state index is -1.28. The van der Waals surface area contributed by atoms with Gasteiger partial charge in [-0.2, -0.15) is 0 Å². The molecule has 0 heterocycles. The van der Waals surface area contributed by atoms with Crippen molar-refractivity contribution < 1.29 is 24.2 Å². The molecule has 0 saturated heterocycles. The van der Waals surface area contributed by atoms with Gasteiger partial charge in [0.05, 0.1) is 0 Å². The molecule has 0 radical (unpaired) electrons. The lowest BCUT2D eigenvalue weighted by Crippen LogP contribution is -2.51. The molecule has 172 valence electrons. The summed E-state index contributed by atoms with van der Waals surface area (Å²) in [5.41, 5.74) is 0.500. The lowest BCUT2D eigenvalue weighted by Gasteiger charge is -2.58. The second-order valence-corrected chi connectivity index (χ2v) is 10.7. The average Bonchev–Trinajstić information content (AvgIpc) is 2.63. The fraction of sp³-hybridized carbons (Fsp3) is 0.840. The highest BCUT2D eigenvalue weighted by Gasteiger charge is 2.53. The molecule has 2 saturated carbocycles. The van der Waals surface area contributed by atoms with Gasteiger partial charge in [0.2, 0.25) is 0 Å². The second kappa shape index (κ2) is 9.42. The van der Waals surface area contributed by atoms with E-state index in [2.05, 4.69) is 27.4 Å². The normalized spacial score (nSPS) is 31.2. The Kier molecular flexibility index (Phi) is 7.82. The Bertz CT molecular complexity index is 650. The molecule has 5 atom stereocenters. The lowest BCUT2D eigenvalue weighted by molar-refractivity contribution is -0.177. The van der Waals surface area contributed by atoms with Gasteiger partial charge in [0.15, 0.2) is 6.10 Å². The van der Waals surface area contributed by atoms with Crippen molar-refractivity contribution in [1.82, 2.24) is 0 Å². The SMILES string of the molecule is C=C1CC[C@H]2C(C)(C)CCC[C@]2(C)[C@H]1CC[C@](C)(O)[C@@H](COC(C)=O)OC(=O)CC. The summed E-state index contributed by atoms with van der Waals surface area (Å²) in [5.74, 6) is 0.117. The van der Waals surface area contributed by atoms with Crippen molar-refractivity contribution in [2.24, 2.45) is 22.7 Å². The molecule has 2 rings (SSSR count). The maximum absolute atomic E-state index is 11.9. The number of carbonyl (C=O) groups excluding carboxylic acids is 2. The maximum atomic E-state index is 11.9. The third kappa shape index (κ3) is 5.46. The number of aliphatic hydroxyl groups is 1. The van der Waals surface area contributed by atoms with Crippen LogP contribution in [0.5, 0.6) is 0 Å². The van der Waals surface area contributed by atoms with Crippen LogP contribution in [0.2, 0.25) is 0 Å².